The lowest BCUT2D eigenvalue weighted by atomic mass is 9.77. The predicted molar refractivity (Wildman–Crippen MR) is 73.4 cm³/mol. The van der Waals surface area contributed by atoms with Crippen LogP contribution in [0, 0.1) is 11.8 Å². The molecule has 2 N–H and O–H groups in total. The molecule has 0 spiro atoms. The van der Waals surface area contributed by atoms with Crippen LogP contribution in [0.1, 0.15) is 38.8 Å². The van der Waals surface area contributed by atoms with Crippen LogP contribution in [0.5, 0.6) is 0 Å². The third-order valence-corrected chi connectivity index (χ3v) is 2.66. The Morgan fingerprint density at radius 1 is 0.882 bits per heavy atom. The van der Waals surface area contributed by atoms with Crippen molar-refractivity contribution in [1.29, 1.82) is 0 Å². The van der Waals surface area contributed by atoms with E-state index in [1.165, 1.54) is 11.1 Å². The molecule has 0 fully saturated rings. The van der Waals surface area contributed by atoms with Crippen molar-refractivity contribution in [3.8, 4) is 0 Å². The average molecular weight is 234 g/mol. The SMILES string of the molecule is CC(C)Cc1cc(CC(C)C)cc(B(O)O)c1. The fourth-order valence-corrected chi connectivity index (χ4v) is 2.12. The summed E-state index contributed by atoms with van der Waals surface area (Å²) in [5.74, 6) is 1.15. The topological polar surface area (TPSA) is 40.5 Å². The molecule has 1 aromatic rings. The highest BCUT2D eigenvalue weighted by molar-refractivity contribution is 6.58. The lowest BCUT2D eigenvalue weighted by molar-refractivity contribution is 0.425. The van der Waals surface area contributed by atoms with Gasteiger partial charge in [-0.3, -0.25) is 0 Å². The number of rotatable bonds is 5. The second-order valence-electron chi connectivity index (χ2n) is 5.65. The second-order valence-corrected chi connectivity index (χ2v) is 5.65. The van der Waals surface area contributed by atoms with Crippen molar-refractivity contribution in [1.82, 2.24) is 0 Å². The number of hydrogen-bond acceptors (Lipinski definition) is 2. The highest BCUT2D eigenvalue weighted by Gasteiger charge is 2.14. The highest BCUT2D eigenvalue weighted by Crippen LogP contribution is 2.13. The molecule has 0 amide bonds. The van der Waals surface area contributed by atoms with E-state index in [9.17, 15) is 10.0 Å². The van der Waals surface area contributed by atoms with Crippen LogP contribution in [0.3, 0.4) is 0 Å². The fourth-order valence-electron chi connectivity index (χ4n) is 2.12. The summed E-state index contributed by atoms with van der Waals surface area (Å²) < 4.78 is 0. The molecule has 0 aliphatic heterocycles. The quantitative estimate of drug-likeness (QED) is 0.762. The van der Waals surface area contributed by atoms with E-state index in [4.69, 9.17) is 0 Å². The maximum atomic E-state index is 9.30. The van der Waals surface area contributed by atoms with Crippen LogP contribution in [0.2, 0.25) is 0 Å². The van der Waals surface area contributed by atoms with Gasteiger partial charge in [0.25, 0.3) is 0 Å². The summed E-state index contributed by atoms with van der Waals surface area (Å²) >= 11 is 0. The Kier molecular flexibility index (Phi) is 5.22. The summed E-state index contributed by atoms with van der Waals surface area (Å²) in [7, 11) is -1.37. The second kappa shape index (κ2) is 6.22. The van der Waals surface area contributed by atoms with E-state index in [0.717, 1.165) is 12.8 Å². The van der Waals surface area contributed by atoms with Gasteiger partial charge in [0.2, 0.25) is 0 Å². The zero-order valence-corrected chi connectivity index (χ0v) is 11.3. The normalized spacial score (nSPS) is 11.3. The summed E-state index contributed by atoms with van der Waals surface area (Å²) in [4.78, 5) is 0. The van der Waals surface area contributed by atoms with E-state index in [2.05, 4.69) is 33.8 Å². The molecule has 0 radical (unpaired) electrons. The van der Waals surface area contributed by atoms with Gasteiger partial charge in [0.1, 0.15) is 0 Å². The zero-order chi connectivity index (χ0) is 13.0. The van der Waals surface area contributed by atoms with Crippen LogP contribution in [0.4, 0.5) is 0 Å². The van der Waals surface area contributed by atoms with E-state index in [1.54, 1.807) is 0 Å². The van der Waals surface area contributed by atoms with Gasteiger partial charge in [-0.1, -0.05) is 45.9 Å². The summed E-state index contributed by atoms with van der Waals surface area (Å²) in [5, 5.41) is 18.6. The van der Waals surface area contributed by atoms with Gasteiger partial charge in [-0.05, 0) is 41.3 Å². The van der Waals surface area contributed by atoms with Gasteiger partial charge in [0.05, 0.1) is 0 Å². The van der Waals surface area contributed by atoms with Gasteiger partial charge in [-0.2, -0.15) is 0 Å². The van der Waals surface area contributed by atoms with E-state index >= 15 is 0 Å². The highest BCUT2D eigenvalue weighted by atomic mass is 16.4. The molecule has 2 nitrogen and oxygen atoms in total. The monoisotopic (exact) mass is 234 g/mol. The first-order chi connectivity index (χ1) is 7.88. The zero-order valence-electron chi connectivity index (χ0n) is 11.3. The van der Waals surface area contributed by atoms with Crippen molar-refractivity contribution in [3.63, 3.8) is 0 Å². The smallest absolute Gasteiger partial charge is 0.423 e. The third-order valence-electron chi connectivity index (χ3n) is 2.66. The summed E-state index contributed by atoms with van der Waals surface area (Å²) in [6, 6.07) is 5.98. The minimum atomic E-state index is -1.37. The standard InChI is InChI=1S/C14H23BO2/c1-10(2)5-12-7-13(6-11(3)4)9-14(8-12)15(16)17/h7-11,16-17H,5-6H2,1-4H3. The fraction of sp³-hybridized carbons (Fsp3) is 0.571. The van der Waals surface area contributed by atoms with E-state index < -0.39 is 7.12 Å². The van der Waals surface area contributed by atoms with Crippen LogP contribution in [-0.4, -0.2) is 17.2 Å². The van der Waals surface area contributed by atoms with Gasteiger partial charge < -0.3 is 10.0 Å². The van der Waals surface area contributed by atoms with Crippen LogP contribution in [0.15, 0.2) is 18.2 Å². The number of benzene rings is 1. The van der Waals surface area contributed by atoms with Gasteiger partial charge in [-0.15, -0.1) is 0 Å². The molecule has 17 heavy (non-hydrogen) atoms. The molecule has 1 aromatic carbocycles. The molecule has 0 bridgehead atoms. The van der Waals surface area contributed by atoms with Crippen molar-refractivity contribution in [2.24, 2.45) is 11.8 Å². The summed E-state index contributed by atoms with van der Waals surface area (Å²) in [6.07, 6.45) is 1.96. The van der Waals surface area contributed by atoms with Crippen LogP contribution >= 0.6 is 0 Å². The van der Waals surface area contributed by atoms with Crippen molar-refractivity contribution >= 4 is 12.6 Å². The Morgan fingerprint density at radius 3 is 1.59 bits per heavy atom. The summed E-state index contributed by atoms with van der Waals surface area (Å²) in [6.45, 7) is 8.68. The molecular formula is C14H23BO2. The lowest BCUT2D eigenvalue weighted by Gasteiger charge is -2.12. The molecule has 0 atom stereocenters. The first-order valence-corrected chi connectivity index (χ1v) is 6.37. The van der Waals surface area contributed by atoms with Gasteiger partial charge in [0.15, 0.2) is 0 Å². The van der Waals surface area contributed by atoms with E-state index in [-0.39, 0.29) is 0 Å². The largest absolute Gasteiger partial charge is 0.488 e. The molecule has 0 aromatic heterocycles. The Bertz CT molecular complexity index is 331. The average Bonchev–Trinajstić information content (AvgIpc) is 2.14. The van der Waals surface area contributed by atoms with Crippen LogP contribution in [-0.2, 0) is 12.8 Å². The maximum Gasteiger partial charge on any atom is 0.488 e. The first kappa shape index (κ1) is 14.3. The maximum absolute atomic E-state index is 9.30. The minimum absolute atomic E-state index is 0.577. The van der Waals surface area contributed by atoms with E-state index in [0.29, 0.717) is 17.3 Å². The van der Waals surface area contributed by atoms with Crippen molar-refractivity contribution in [2.75, 3.05) is 0 Å². The molecule has 0 saturated heterocycles. The molecule has 0 heterocycles. The molecular weight excluding hydrogens is 211 g/mol. The Hall–Kier alpha value is -0.795. The van der Waals surface area contributed by atoms with Crippen molar-refractivity contribution in [2.45, 2.75) is 40.5 Å². The lowest BCUT2D eigenvalue weighted by Crippen LogP contribution is -2.30. The molecule has 94 valence electrons. The Labute approximate surface area is 105 Å². The molecule has 1 rings (SSSR count). The van der Waals surface area contributed by atoms with E-state index in [1.807, 2.05) is 12.1 Å². The van der Waals surface area contributed by atoms with Crippen molar-refractivity contribution in [3.05, 3.63) is 29.3 Å². The third kappa shape index (κ3) is 4.92. The Balaban J connectivity index is 3.00. The molecule has 3 heteroatoms. The van der Waals surface area contributed by atoms with Gasteiger partial charge in [-0.25, -0.2) is 0 Å². The van der Waals surface area contributed by atoms with Gasteiger partial charge in [0, 0.05) is 0 Å². The molecule has 0 aliphatic rings. The van der Waals surface area contributed by atoms with Gasteiger partial charge >= 0.3 is 7.12 Å². The molecule has 0 aliphatic carbocycles. The molecule has 0 saturated carbocycles. The number of hydrogen-bond donors (Lipinski definition) is 2. The molecule has 0 unspecified atom stereocenters. The van der Waals surface area contributed by atoms with Crippen molar-refractivity contribution < 1.29 is 10.0 Å². The Morgan fingerprint density at radius 2 is 1.29 bits per heavy atom. The van der Waals surface area contributed by atoms with Crippen LogP contribution in [0.25, 0.3) is 0 Å². The van der Waals surface area contributed by atoms with Crippen LogP contribution < -0.4 is 5.46 Å². The summed E-state index contributed by atoms with van der Waals surface area (Å²) in [5.41, 5.74) is 3.00. The predicted octanol–water partition coefficient (Wildman–Crippen LogP) is 1.76. The minimum Gasteiger partial charge on any atom is -0.423 e. The first-order valence-electron chi connectivity index (χ1n) is 6.37.